The number of anilines is 1. The Morgan fingerprint density at radius 3 is 2.20 bits per heavy atom. The fraction of sp³-hybridized carbons (Fsp3) is 0.0385. The Hall–Kier alpha value is -4.50. The summed E-state index contributed by atoms with van der Waals surface area (Å²) in [6.07, 6.45) is 0.800. The molecular weight excluding hydrogens is 466 g/mol. The minimum absolute atomic E-state index is 0.0413. The van der Waals surface area contributed by atoms with Crippen LogP contribution in [-0.2, 0) is 14.3 Å². The first kappa shape index (κ1) is 23.7. The van der Waals surface area contributed by atoms with Gasteiger partial charge in [0, 0.05) is 16.8 Å². The van der Waals surface area contributed by atoms with Gasteiger partial charge in [-0.3, -0.25) is 10.2 Å². The van der Waals surface area contributed by atoms with Gasteiger partial charge in [-0.2, -0.15) is 8.42 Å². The van der Waals surface area contributed by atoms with Gasteiger partial charge in [0.15, 0.2) is 0 Å². The van der Waals surface area contributed by atoms with Crippen LogP contribution in [0, 0.1) is 5.41 Å². The van der Waals surface area contributed by atoms with Crippen LogP contribution in [0.4, 0.5) is 5.69 Å². The first-order valence-electron chi connectivity index (χ1n) is 10.4. The van der Waals surface area contributed by atoms with Gasteiger partial charge in [0.2, 0.25) is 0 Å². The average molecular weight is 488 g/mol. The molecule has 9 heteroatoms. The molecule has 0 unspecified atom stereocenters. The lowest BCUT2D eigenvalue weighted by molar-refractivity contribution is 0.0751. The van der Waals surface area contributed by atoms with E-state index >= 15 is 0 Å². The minimum atomic E-state index is -4.07. The molecule has 0 spiro atoms. The van der Waals surface area contributed by atoms with Gasteiger partial charge in [0.05, 0.1) is 11.8 Å². The highest BCUT2D eigenvalue weighted by Crippen LogP contribution is 2.33. The monoisotopic (exact) mass is 487 g/mol. The second-order valence-corrected chi connectivity index (χ2v) is 9.35. The SMILES string of the molecule is CS(=O)(=O)OC(=O)c1c(-c2ccccc2C(=O)Nc2ccc(C(=N)N)cc2)ccc2ccccc12. The molecule has 0 atom stereocenters. The van der Waals surface area contributed by atoms with Crippen molar-refractivity contribution in [2.75, 3.05) is 11.6 Å². The molecule has 4 N–H and O–H groups in total. The third-order valence-corrected chi connectivity index (χ3v) is 5.73. The average Bonchev–Trinajstić information content (AvgIpc) is 2.82. The number of nitrogens with one attached hydrogen (secondary N) is 2. The fourth-order valence-electron chi connectivity index (χ4n) is 3.74. The normalized spacial score (nSPS) is 11.1. The van der Waals surface area contributed by atoms with Gasteiger partial charge in [0.1, 0.15) is 5.84 Å². The number of amides is 1. The molecule has 1 amide bonds. The summed E-state index contributed by atoms with van der Waals surface area (Å²) in [6.45, 7) is 0. The van der Waals surface area contributed by atoms with Crippen molar-refractivity contribution in [3.05, 3.63) is 102 Å². The van der Waals surface area contributed by atoms with Crippen LogP contribution in [0.3, 0.4) is 0 Å². The lowest BCUT2D eigenvalue weighted by Crippen LogP contribution is -2.16. The third kappa shape index (κ3) is 5.20. The van der Waals surface area contributed by atoms with Gasteiger partial charge < -0.3 is 15.2 Å². The van der Waals surface area contributed by atoms with Crippen molar-refractivity contribution in [2.24, 2.45) is 5.73 Å². The largest absolute Gasteiger partial charge is 0.384 e. The first-order chi connectivity index (χ1) is 16.6. The van der Waals surface area contributed by atoms with Crippen LogP contribution < -0.4 is 11.1 Å². The Bertz CT molecular complexity index is 1580. The predicted octanol–water partition coefficient (Wildman–Crippen LogP) is 4.16. The highest BCUT2D eigenvalue weighted by Gasteiger charge is 2.24. The second-order valence-electron chi connectivity index (χ2n) is 7.77. The highest BCUT2D eigenvalue weighted by molar-refractivity contribution is 7.86. The number of carbonyl (C=O) groups excluding carboxylic acids is 2. The standard InChI is InChI=1S/C26H21N3O5S/c1-35(32,33)34-26(31)23-19-7-3-2-6-16(19)12-15-21(23)20-8-4-5-9-22(20)25(30)29-18-13-10-17(11-14-18)24(27)28/h2-15H,1H3,(H3,27,28)(H,29,30). The highest BCUT2D eigenvalue weighted by atomic mass is 32.2. The van der Waals surface area contributed by atoms with Crippen LogP contribution in [0.25, 0.3) is 21.9 Å². The van der Waals surface area contributed by atoms with Crippen LogP contribution in [0.1, 0.15) is 26.3 Å². The number of fused-ring (bicyclic) bond motifs is 1. The van der Waals surface area contributed by atoms with E-state index in [0.29, 0.717) is 33.2 Å². The summed E-state index contributed by atoms with van der Waals surface area (Å²) in [5.41, 5.74) is 7.59. The molecule has 4 rings (SSSR count). The van der Waals surface area contributed by atoms with Gasteiger partial charge in [0.25, 0.3) is 5.91 Å². The lowest BCUT2D eigenvalue weighted by Gasteiger charge is -2.15. The van der Waals surface area contributed by atoms with Crippen molar-refractivity contribution in [3.63, 3.8) is 0 Å². The Kier molecular flexibility index (Phi) is 6.35. The van der Waals surface area contributed by atoms with E-state index < -0.39 is 22.0 Å². The zero-order valence-electron chi connectivity index (χ0n) is 18.6. The van der Waals surface area contributed by atoms with E-state index in [-0.39, 0.29) is 17.0 Å². The molecule has 176 valence electrons. The molecule has 4 aromatic rings. The summed E-state index contributed by atoms with van der Waals surface area (Å²) >= 11 is 0. The van der Waals surface area contributed by atoms with Crippen molar-refractivity contribution in [1.29, 1.82) is 5.41 Å². The van der Waals surface area contributed by atoms with E-state index in [0.717, 1.165) is 6.26 Å². The van der Waals surface area contributed by atoms with E-state index in [9.17, 15) is 18.0 Å². The smallest absolute Gasteiger partial charge is 0.354 e. The molecule has 0 aliphatic rings. The van der Waals surface area contributed by atoms with Crippen LogP contribution in [0.15, 0.2) is 84.9 Å². The van der Waals surface area contributed by atoms with E-state index in [2.05, 4.69) is 5.32 Å². The molecule has 0 bridgehead atoms. The molecule has 0 aromatic heterocycles. The van der Waals surface area contributed by atoms with E-state index in [1.807, 2.05) is 0 Å². The molecule has 8 nitrogen and oxygen atoms in total. The van der Waals surface area contributed by atoms with Gasteiger partial charge in [-0.05, 0) is 52.2 Å². The van der Waals surface area contributed by atoms with Crippen molar-refractivity contribution in [2.45, 2.75) is 0 Å². The molecule has 0 saturated heterocycles. The zero-order chi connectivity index (χ0) is 25.2. The van der Waals surface area contributed by atoms with Crippen LogP contribution in [0.5, 0.6) is 0 Å². The molecule has 0 aliphatic heterocycles. The minimum Gasteiger partial charge on any atom is -0.384 e. The maximum Gasteiger partial charge on any atom is 0.354 e. The molecule has 4 aromatic carbocycles. The summed E-state index contributed by atoms with van der Waals surface area (Å²) in [5.74, 6) is -1.56. The molecule has 0 heterocycles. The van der Waals surface area contributed by atoms with Gasteiger partial charge >= 0.3 is 16.1 Å². The van der Waals surface area contributed by atoms with Crippen LogP contribution in [0.2, 0.25) is 0 Å². The molecule has 0 saturated carbocycles. The van der Waals surface area contributed by atoms with Crippen LogP contribution >= 0.6 is 0 Å². The molecule has 0 aliphatic carbocycles. The fourth-order valence-corrected chi connectivity index (χ4v) is 4.10. The lowest BCUT2D eigenvalue weighted by atomic mass is 9.91. The van der Waals surface area contributed by atoms with Gasteiger partial charge in [-0.15, -0.1) is 0 Å². The zero-order valence-corrected chi connectivity index (χ0v) is 19.4. The number of hydrogen-bond donors (Lipinski definition) is 3. The van der Waals surface area contributed by atoms with Gasteiger partial charge in [-0.1, -0.05) is 54.6 Å². The summed E-state index contributed by atoms with van der Waals surface area (Å²) in [7, 11) is -4.07. The summed E-state index contributed by atoms with van der Waals surface area (Å²) < 4.78 is 28.2. The maximum atomic E-state index is 13.2. The quantitative estimate of drug-likeness (QED) is 0.212. The van der Waals surface area contributed by atoms with Crippen molar-refractivity contribution < 1.29 is 22.2 Å². The van der Waals surface area contributed by atoms with Crippen molar-refractivity contribution in [1.82, 2.24) is 0 Å². The summed E-state index contributed by atoms with van der Waals surface area (Å²) in [4.78, 5) is 26.2. The summed E-state index contributed by atoms with van der Waals surface area (Å²) in [5, 5.41) is 11.5. The third-order valence-electron chi connectivity index (χ3n) is 5.28. The number of rotatable bonds is 6. The number of nitrogen functional groups attached to an aromatic ring is 1. The van der Waals surface area contributed by atoms with Crippen molar-refractivity contribution >= 4 is 44.3 Å². The van der Waals surface area contributed by atoms with E-state index in [1.54, 1.807) is 84.9 Å². The van der Waals surface area contributed by atoms with E-state index in [4.69, 9.17) is 15.3 Å². The number of hydrogen-bond acceptors (Lipinski definition) is 6. The Morgan fingerprint density at radius 1 is 0.857 bits per heavy atom. The Labute approximate surface area is 202 Å². The number of carbonyl (C=O) groups is 2. The number of amidine groups is 1. The topological polar surface area (TPSA) is 139 Å². The number of nitrogens with two attached hydrogens (primary N) is 1. The predicted molar refractivity (Wildman–Crippen MR) is 135 cm³/mol. The Balaban J connectivity index is 1.81. The first-order valence-corrected chi connectivity index (χ1v) is 12.3. The second kappa shape index (κ2) is 9.40. The molecule has 35 heavy (non-hydrogen) atoms. The summed E-state index contributed by atoms with van der Waals surface area (Å²) in [6, 6.07) is 23.6. The molecule has 0 radical (unpaired) electrons. The molecule has 0 fully saturated rings. The Morgan fingerprint density at radius 2 is 1.51 bits per heavy atom. The van der Waals surface area contributed by atoms with Gasteiger partial charge in [-0.25, -0.2) is 4.79 Å². The molecular formula is C26H21N3O5S. The van der Waals surface area contributed by atoms with Crippen LogP contribution in [-0.4, -0.2) is 32.4 Å². The maximum absolute atomic E-state index is 13.2. The number of benzene rings is 4. The van der Waals surface area contributed by atoms with E-state index in [1.165, 1.54) is 0 Å². The van der Waals surface area contributed by atoms with Crippen molar-refractivity contribution in [3.8, 4) is 11.1 Å².